The van der Waals surface area contributed by atoms with Gasteiger partial charge in [0.2, 0.25) is 5.58 Å². The first kappa shape index (κ1) is 29.9. The highest BCUT2D eigenvalue weighted by molar-refractivity contribution is 8.03. The van der Waals surface area contributed by atoms with E-state index in [1.165, 1.54) is 16.7 Å². The summed E-state index contributed by atoms with van der Waals surface area (Å²) in [6, 6.07) is 22.2. The number of fused-ring (bicyclic) bond motifs is 3. The van der Waals surface area contributed by atoms with E-state index in [1.54, 1.807) is 30.3 Å². The van der Waals surface area contributed by atoms with Crippen LogP contribution in [-0.4, -0.2) is 58.3 Å². The average Bonchev–Trinajstić information content (AvgIpc) is 3.61. The zero-order valence-corrected chi connectivity index (χ0v) is 26.2. The molecule has 4 aromatic rings. The number of carbonyl (C=O) groups excluding carboxylic acids is 3. The van der Waals surface area contributed by atoms with Gasteiger partial charge in [0, 0.05) is 45.5 Å². The summed E-state index contributed by atoms with van der Waals surface area (Å²) in [5, 5.41) is 19.7. The quantitative estimate of drug-likeness (QED) is 0.156. The van der Waals surface area contributed by atoms with Crippen molar-refractivity contribution < 1.29 is 33.6 Å². The molecule has 2 amide bonds. The van der Waals surface area contributed by atoms with Gasteiger partial charge in [-0.2, -0.15) is 4.57 Å². The van der Waals surface area contributed by atoms with Crippen molar-refractivity contribution in [1.82, 2.24) is 4.90 Å². The highest BCUT2D eigenvalue weighted by atomic mass is 32.2. The molecule has 2 aliphatic heterocycles. The lowest BCUT2D eigenvalue weighted by Crippen LogP contribution is -2.37. The van der Waals surface area contributed by atoms with Gasteiger partial charge in [0.25, 0.3) is 17.3 Å². The van der Waals surface area contributed by atoms with Crippen LogP contribution in [0.15, 0.2) is 105 Å². The minimum absolute atomic E-state index is 0.0136. The number of ketones is 1. The van der Waals surface area contributed by atoms with Crippen LogP contribution in [0.5, 0.6) is 0 Å². The first-order valence-corrected chi connectivity index (χ1v) is 16.1. The maximum absolute atomic E-state index is 14.0. The third-order valence-corrected chi connectivity index (χ3v) is 9.94. The van der Waals surface area contributed by atoms with Gasteiger partial charge in [0.15, 0.2) is 12.3 Å². The summed E-state index contributed by atoms with van der Waals surface area (Å²) in [5.41, 5.74) is 5.44. The van der Waals surface area contributed by atoms with Gasteiger partial charge in [0.1, 0.15) is 6.61 Å². The predicted molar refractivity (Wildman–Crippen MR) is 175 cm³/mol. The van der Waals surface area contributed by atoms with Crippen LogP contribution in [0.2, 0.25) is 0 Å². The van der Waals surface area contributed by atoms with E-state index in [-0.39, 0.29) is 43.2 Å². The fourth-order valence-corrected chi connectivity index (χ4v) is 7.64. The molecule has 9 nitrogen and oxygen atoms in total. The van der Waals surface area contributed by atoms with Crippen LogP contribution in [0.1, 0.15) is 46.0 Å². The number of rotatable bonds is 9. The molecule has 1 aromatic heterocycles. The fourth-order valence-electron chi connectivity index (χ4n) is 6.53. The number of allylic oxidation sites excluding steroid dienone is 4. The lowest BCUT2D eigenvalue weighted by molar-refractivity contribution is -0.679. The summed E-state index contributed by atoms with van der Waals surface area (Å²) in [5.74, 6) is -0.530. The van der Waals surface area contributed by atoms with Crippen LogP contribution in [-0.2, 0) is 16.8 Å². The number of aromatic nitrogens is 1. The topological polar surface area (TPSA) is 115 Å². The normalized spacial score (nSPS) is 18.7. The van der Waals surface area contributed by atoms with Crippen LogP contribution in [0.3, 0.4) is 0 Å². The van der Waals surface area contributed by atoms with Gasteiger partial charge in [-0.1, -0.05) is 56.3 Å². The Bertz CT molecular complexity index is 2000. The van der Waals surface area contributed by atoms with Gasteiger partial charge in [-0.15, -0.1) is 11.8 Å². The van der Waals surface area contributed by atoms with Crippen molar-refractivity contribution >= 4 is 52.2 Å². The van der Waals surface area contributed by atoms with Gasteiger partial charge in [0.05, 0.1) is 29.7 Å². The summed E-state index contributed by atoms with van der Waals surface area (Å²) in [4.78, 5) is 44.2. The lowest BCUT2D eigenvalue weighted by atomic mass is 9.81. The Kier molecular flexibility index (Phi) is 7.51. The maximum Gasteiger partial charge on any atom is 0.374 e. The van der Waals surface area contributed by atoms with E-state index < -0.39 is 5.41 Å². The van der Waals surface area contributed by atoms with Crippen LogP contribution < -0.4 is 9.47 Å². The molecule has 1 aliphatic carbocycles. The molecule has 7 rings (SSSR count). The van der Waals surface area contributed by atoms with Crippen LogP contribution in [0.4, 0.5) is 5.69 Å². The van der Waals surface area contributed by atoms with Gasteiger partial charge >= 0.3 is 5.89 Å². The molecule has 3 heterocycles. The summed E-state index contributed by atoms with van der Waals surface area (Å²) >= 11 is 1.25. The molecule has 0 atom stereocenters. The van der Waals surface area contributed by atoms with Crippen molar-refractivity contribution in [2.45, 2.75) is 25.8 Å². The van der Waals surface area contributed by atoms with E-state index in [0.717, 1.165) is 22.5 Å². The average molecular weight is 635 g/mol. The van der Waals surface area contributed by atoms with E-state index in [1.807, 2.05) is 58.0 Å². The van der Waals surface area contributed by atoms with E-state index in [9.17, 15) is 24.6 Å². The Morgan fingerprint density at radius 3 is 2.24 bits per heavy atom. The van der Waals surface area contributed by atoms with Crippen molar-refractivity contribution in [3.8, 4) is 0 Å². The standard InChI is InChI=1S/C36H32N3O6S/c1-36(2)26-11-5-6-12-27(26)37(15-17-40)30(36)19-24-32(42)25(20-31-38(16-18-41)28-13-7-8-14-29(28)45-31)33(24)46-21-39-34(43)22-9-3-4-10-23(22)35(39)44/h3-14,19-20,40-41H,15-18,21H2,1-2H3/q+1. The van der Waals surface area contributed by atoms with E-state index >= 15 is 0 Å². The number of imide groups is 1. The first-order chi connectivity index (χ1) is 22.3. The van der Waals surface area contributed by atoms with Gasteiger partial charge in [-0.3, -0.25) is 19.3 Å². The monoisotopic (exact) mass is 634 g/mol. The number of anilines is 1. The predicted octanol–water partition coefficient (Wildman–Crippen LogP) is 4.59. The molecule has 0 saturated carbocycles. The number of carbonyl (C=O) groups is 3. The molecule has 0 spiro atoms. The SMILES string of the molecule is CC1(C)C(=CC2=C(SCN3C(=O)c4ccccc4C3=O)C(=Cc3oc4ccccc4[n+]3CCO)C2=O)N(CCO)c2ccccc21. The number of hydrogen-bond donors (Lipinski definition) is 2. The second kappa shape index (κ2) is 11.5. The Morgan fingerprint density at radius 1 is 0.848 bits per heavy atom. The van der Waals surface area contributed by atoms with Crippen LogP contribution >= 0.6 is 11.8 Å². The van der Waals surface area contributed by atoms with Gasteiger partial charge in [-0.05, 0) is 35.9 Å². The van der Waals surface area contributed by atoms with Gasteiger partial charge < -0.3 is 19.5 Å². The third kappa shape index (κ3) is 4.63. The molecule has 46 heavy (non-hydrogen) atoms. The number of para-hydroxylation sites is 3. The number of β-amino-alcohol motifs (C(OH)–C–C–N with tert-alkyl or cyclic N) is 1. The Balaban J connectivity index is 1.33. The van der Waals surface area contributed by atoms with E-state index in [0.29, 0.717) is 45.2 Å². The minimum atomic E-state index is -0.459. The number of hydrogen-bond acceptors (Lipinski definition) is 8. The number of thioether (sulfide) groups is 1. The van der Waals surface area contributed by atoms with Crippen molar-refractivity contribution in [1.29, 1.82) is 0 Å². The number of Topliss-reactive ketones (excluding diaryl/α,β-unsaturated/α-hetero) is 1. The number of oxazole rings is 1. The van der Waals surface area contributed by atoms with Gasteiger partial charge in [-0.25, -0.2) is 0 Å². The molecule has 0 saturated heterocycles. The Hall–Kier alpha value is -4.77. The largest absolute Gasteiger partial charge is 0.398 e. The lowest BCUT2D eigenvalue weighted by Gasteiger charge is -2.30. The second-order valence-corrected chi connectivity index (χ2v) is 12.8. The fraction of sp³-hybridized carbons (Fsp3) is 0.222. The molecule has 0 bridgehead atoms. The third-order valence-electron chi connectivity index (χ3n) is 8.83. The molecule has 3 aliphatic rings. The number of nitrogens with zero attached hydrogens (tertiary/aromatic N) is 3. The number of aliphatic hydroxyl groups excluding tert-OH is 2. The Morgan fingerprint density at radius 2 is 1.52 bits per heavy atom. The smallest absolute Gasteiger partial charge is 0.374 e. The summed E-state index contributed by atoms with van der Waals surface area (Å²) in [7, 11) is 0. The summed E-state index contributed by atoms with van der Waals surface area (Å²) < 4.78 is 7.94. The van der Waals surface area contributed by atoms with Crippen LogP contribution in [0, 0.1) is 0 Å². The number of aliphatic hydroxyl groups is 2. The van der Waals surface area contributed by atoms with Crippen molar-refractivity contribution in [3.05, 3.63) is 123 Å². The Labute approximate surface area is 269 Å². The minimum Gasteiger partial charge on any atom is -0.398 e. The van der Waals surface area contributed by atoms with E-state index in [4.69, 9.17) is 4.42 Å². The second-order valence-electron chi connectivity index (χ2n) is 11.8. The van der Waals surface area contributed by atoms with E-state index in [2.05, 4.69) is 19.9 Å². The zero-order chi connectivity index (χ0) is 32.2. The first-order valence-electron chi connectivity index (χ1n) is 15.1. The summed E-state index contributed by atoms with van der Waals surface area (Å²) in [6.45, 7) is 4.61. The van der Waals surface area contributed by atoms with Crippen molar-refractivity contribution in [2.24, 2.45) is 0 Å². The zero-order valence-electron chi connectivity index (χ0n) is 25.4. The molecular formula is C36H32N3O6S+. The summed E-state index contributed by atoms with van der Waals surface area (Å²) in [6.07, 6.45) is 3.55. The molecule has 0 fully saturated rings. The molecule has 0 unspecified atom stereocenters. The molecule has 3 aromatic carbocycles. The van der Waals surface area contributed by atoms with Crippen molar-refractivity contribution in [2.75, 3.05) is 30.5 Å². The highest BCUT2D eigenvalue weighted by Gasteiger charge is 2.43. The highest BCUT2D eigenvalue weighted by Crippen LogP contribution is 2.50. The molecule has 0 radical (unpaired) electrons. The van der Waals surface area contributed by atoms with Crippen molar-refractivity contribution in [3.63, 3.8) is 0 Å². The molecule has 10 heteroatoms. The molecule has 232 valence electrons. The van der Waals surface area contributed by atoms with Crippen LogP contribution in [0.25, 0.3) is 17.2 Å². The maximum atomic E-state index is 14.0. The number of amides is 2. The number of benzene rings is 3. The molecule has 2 N–H and O–H groups in total. The molecular weight excluding hydrogens is 602 g/mol.